The number of aromatic nitrogens is 1. The molecule has 2 fully saturated rings. The lowest BCUT2D eigenvalue weighted by atomic mass is 10.1. The van der Waals surface area contributed by atoms with Gasteiger partial charge in [-0.2, -0.15) is 0 Å². The molecule has 1 aromatic heterocycles. The van der Waals surface area contributed by atoms with Crippen molar-refractivity contribution in [3.05, 3.63) is 30.1 Å². The maximum Gasteiger partial charge on any atom is 0.255 e. The zero-order valence-electron chi connectivity index (χ0n) is 12.7. The molecule has 1 saturated heterocycles. The summed E-state index contributed by atoms with van der Waals surface area (Å²) in [5, 5.41) is 0. The van der Waals surface area contributed by atoms with Crippen LogP contribution in [0.1, 0.15) is 48.9 Å². The number of nitrogens with zero attached hydrogens (tertiary/aromatic N) is 3. The first kappa shape index (κ1) is 14.5. The highest BCUT2D eigenvalue weighted by Crippen LogP contribution is 2.23. The first-order chi connectivity index (χ1) is 10.3. The van der Waals surface area contributed by atoms with E-state index in [4.69, 9.17) is 0 Å². The van der Waals surface area contributed by atoms with Gasteiger partial charge in [0.1, 0.15) is 0 Å². The molecule has 1 saturated carbocycles. The van der Waals surface area contributed by atoms with Crippen LogP contribution in [0.5, 0.6) is 0 Å². The highest BCUT2D eigenvalue weighted by atomic mass is 16.2. The number of hydrogen-bond donors (Lipinski definition) is 0. The first-order valence-electron chi connectivity index (χ1n) is 8.28. The van der Waals surface area contributed by atoms with E-state index in [1.807, 2.05) is 17.0 Å². The molecular weight excluding hydrogens is 262 g/mol. The summed E-state index contributed by atoms with van der Waals surface area (Å²) in [6.45, 7) is 3.75. The Morgan fingerprint density at radius 1 is 1.05 bits per heavy atom. The average molecular weight is 287 g/mol. The Hall–Kier alpha value is -1.42. The summed E-state index contributed by atoms with van der Waals surface area (Å²) in [5.41, 5.74) is 0.709. The molecule has 1 aliphatic heterocycles. The molecule has 114 valence electrons. The summed E-state index contributed by atoms with van der Waals surface area (Å²) in [4.78, 5) is 21.0. The highest BCUT2D eigenvalue weighted by molar-refractivity contribution is 5.93. The van der Waals surface area contributed by atoms with Crippen molar-refractivity contribution in [1.82, 2.24) is 14.8 Å². The number of rotatable bonds is 2. The number of carbonyl (C=O) groups is 1. The van der Waals surface area contributed by atoms with Crippen molar-refractivity contribution >= 4 is 5.91 Å². The minimum atomic E-state index is 0.128. The molecule has 0 unspecified atom stereocenters. The monoisotopic (exact) mass is 287 g/mol. The van der Waals surface area contributed by atoms with Gasteiger partial charge in [-0.25, -0.2) is 0 Å². The molecule has 0 atom stereocenters. The fourth-order valence-corrected chi connectivity index (χ4v) is 3.58. The second-order valence-electron chi connectivity index (χ2n) is 6.22. The van der Waals surface area contributed by atoms with E-state index in [0.717, 1.165) is 32.2 Å². The van der Waals surface area contributed by atoms with E-state index in [-0.39, 0.29) is 5.91 Å². The van der Waals surface area contributed by atoms with Crippen molar-refractivity contribution in [2.24, 2.45) is 0 Å². The molecule has 0 radical (unpaired) electrons. The van der Waals surface area contributed by atoms with E-state index < -0.39 is 0 Å². The molecule has 0 aromatic carbocycles. The summed E-state index contributed by atoms with van der Waals surface area (Å²) >= 11 is 0. The van der Waals surface area contributed by atoms with Crippen LogP contribution >= 0.6 is 0 Å². The Labute approximate surface area is 127 Å². The molecule has 2 aliphatic rings. The Morgan fingerprint density at radius 2 is 1.76 bits per heavy atom. The Morgan fingerprint density at radius 3 is 2.38 bits per heavy atom. The third-order valence-corrected chi connectivity index (χ3v) is 4.85. The van der Waals surface area contributed by atoms with Gasteiger partial charge in [-0.15, -0.1) is 0 Å². The van der Waals surface area contributed by atoms with Gasteiger partial charge in [0.2, 0.25) is 0 Å². The number of hydrogen-bond acceptors (Lipinski definition) is 3. The summed E-state index contributed by atoms with van der Waals surface area (Å²) in [5.74, 6) is 0.128. The fraction of sp³-hybridized carbons (Fsp3) is 0.647. The normalized spacial score (nSPS) is 22.0. The van der Waals surface area contributed by atoms with Gasteiger partial charge in [-0.3, -0.25) is 14.7 Å². The van der Waals surface area contributed by atoms with Gasteiger partial charge in [0.15, 0.2) is 0 Å². The second kappa shape index (κ2) is 7.03. The summed E-state index contributed by atoms with van der Waals surface area (Å²) < 4.78 is 0. The molecule has 3 rings (SSSR count). The van der Waals surface area contributed by atoms with Crippen LogP contribution in [0.2, 0.25) is 0 Å². The smallest absolute Gasteiger partial charge is 0.255 e. The van der Waals surface area contributed by atoms with Crippen molar-refractivity contribution in [3.63, 3.8) is 0 Å². The SMILES string of the molecule is O=C(c1cccnc1)N1CCN(C2CCCCCC2)CC1. The molecule has 1 aromatic rings. The lowest BCUT2D eigenvalue weighted by molar-refractivity contribution is 0.0551. The minimum Gasteiger partial charge on any atom is -0.336 e. The van der Waals surface area contributed by atoms with Gasteiger partial charge in [0.05, 0.1) is 5.56 Å². The van der Waals surface area contributed by atoms with Crippen LogP contribution < -0.4 is 0 Å². The third-order valence-electron chi connectivity index (χ3n) is 4.85. The standard InChI is InChI=1S/C17H25N3O/c21-17(15-6-5-9-18-14-15)20-12-10-19(11-13-20)16-7-3-1-2-4-8-16/h5-6,9,14,16H,1-4,7-8,10-13H2. The molecule has 1 amide bonds. The van der Waals surface area contributed by atoms with E-state index >= 15 is 0 Å². The fourth-order valence-electron chi connectivity index (χ4n) is 3.58. The molecule has 4 nitrogen and oxygen atoms in total. The first-order valence-corrected chi connectivity index (χ1v) is 8.28. The van der Waals surface area contributed by atoms with E-state index in [1.165, 1.54) is 38.5 Å². The number of pyridine rings is 1. The molecular formula is C17H25N3O. The van der Waals surface area contributed by atoms with Crippen molar-refractivity contribution in [2.45, 2.75) is 44.6 Å². The molecule has 1 aliphatic carbocycles. The van der Waals surface area contributed by atoms with Gasteiger partial charge in [-0.1, -0.05) is 25.7 Å². The lowest BCUT2D eigenvalue weighted by Crippen LogP contribution is -2.51. The minimum absolute atomic E-state index is 0.128. The largest absolute Gasteiger partial charge is 0.336 e. The van der Waals surface area contributed by atoms with Crippen LogP contribution in [0.3, 0.4) is 0 Å². The maximum atomic E-state index is 12.4. The van der Waals surface area contributed by atoms with E-state index in [0.29, 0.717) is 5.56 Å². The van der Waals surface area contributed by atoms with Crippen LogP contribution in [-0.4, -0.2) is 52.9 Å². The Balaban J connectivity index is 1.54. The van der Waals surface area contributed by atoms with Crippen LogP contribution in [0.15, 0.2) is 24.5 Å². The van der Waals surface area contributed by atoms with Crippen molar-refractivity contribution < 1.29 is 4.79 Å². The van der Waals surface area contributed by atoms with Gasteiger partial charge < -0.3 is 4.90 Å². The second-order valence-corrected chi connectivity index (χ2v) is 6.22. The zero-order chi connectivity index (χ0) is 14.5. The van der Waals surface area contributed by atoms with Gasteiger partial charge in [0, 0.05) is 44.6 Å². The van der Waals surface area contributed by atoms with Crippen LogP contribution in [-0.2, 0) is 0 Å². The van der Waals surface area contributed by atoms with Crippen molar-refractivity contribution in [3.8, 4) is 0 Å². The maximum absolute atomic E-state index is 12.4. The predicted molar refractivity (Wildman–Crippen MR) is 83.2 cm³/mol. The molecule has 2 heterocycles. The molecule has 0 bridgehead atoms. The van der Waals surface area contributed by atoms with E-state index in [9.17, 15) is 4.79 Å². The summed E-state index contributed by atoms with van der Waals surface area (Å²) in [6, 6.07) is 4.44. The quantitative estimate of drug-likeness (QED) is 0.784. The van der Waals surface area contributed by atoms with Gasteiger partial charge >= 0.3 is 0 Å². The molecule has 0 spiro atoms. The molecule has 4 heteroatoms. The molecule has 0 N–H and O–H groups in total. The van der Waals surface area contributed by atoms with Gasteiger partial charge in [-0.05, 0) is 25.0 Å². The van der Waals surface area contributed by atoms with E-state index in [2.05, 4.69) is 9.88 Å². The number of amides is 1. The van der Waals surface area contributed by atoms with Crippen LogP contribution in [0.4, 0.5) is 0 Å². The highest BCUT2D eigenvalue weighted by Gasteiger charge is 2.26. The molecule has 21 heavy (non-hydrogen) atoms. The lowest BCUT2D eigenvalue weighted by Gasteiger charge is -2.39. The van der Waals surface area contributed by atoms with Crippen molar-refractivity contribution in [1.29, 1.82) is 0 Å². The number of carbonyl (C=O) groups excluding carboxylic acids is 1. The van der Waals surface area contributed by atoms with Crippen molar-refractivity contribution in [2.75, 3.05) is 26.2 Å². The summed E-state index contributed by atoms with van der Waals surface area (Å²) in [6.07, 6.45) is 11.6. The zero-order valence-corrected chi connectivity index (χ0v) is 12.7. The number of piperazine rings is 1. The summed E-state index contributed by atoms with van der Waals surface area (Å²) in [7, 11) is 0. The topological polar surface area (TPSA) is 36.4 Å². The third kappa shape index (κ3) is 3.62. The van der Waals surface area contributed by atoms with E-state index in [1.54, 1.807) is 12.4 Å². The predicted octanol–water partition coefficient (Wildman–Crippen LogP) is 2.56. The average Bonchev–Trinajstić information content (AvgIpc) is 2.84. The van der Waals surface area contributed by atoms with Crippen LogP contribution in [0, 0.1) is 0 Å². The van der Waals surface area contributed by atoms with Gasteiger partial charge in [0.25, 0.3) is 5.91 Å². The Bertz CT molecular complexity index is 446. The Kier molecular flexibility index (Phi) is 4.86. The van der Waals surface area contributed by atoms with Crippen LogP contribution in [0.25, 0.3) is 0 Å².